The van der Waals surface area contributed by atoms with E-state index >= 15 is 0 Å². The van der Waals surface area contributed by atoms with Gasteiger partial charge in [-0.2, -0.15) is 0 Å². The summed E-state index contributed by atoms with van der Waals surface area (Å²) >= 11 is 0. The molecule has 0 atom stereocenters. The number of anilines is 1. The number of nitrogens with one attached hydrogen (secondary N) is 2. The third kappa shape index (κ3) is 7.04. The highest BCUT2D eigenvalue weighted by molar-refractivity contribution is 5.97. The predicted molar refractivity (Wildman–Crippen MR) is 112 cm³/mol. The lowest BCUT2D eigenvalue weighted by molar-refractivity contribution is -0.121. The Morgan fingerprint density at radius 3 is 2.52 bits per heavy atom. The Bertz CT molecular complexity index is 1070. The standard InChI is InChI=1S/C23H19F2N3O3/c24-20-10-7-17(13-21(20)25)28-23(30)14-27-22(29)11-6-16-4-8-19(9-5-16)31-15-18-3-1-2-12-26-18/h1-13H,14-15H2,(H,27,29)(H,28,30)/b11-6+. The third-order valence-corrected chi connectivity index (χ3v) is 4.05. The summed E-state index contributed by atoms with van der Waals surface area (Å²) in [5, 5.41) is 4.78. The number of benzene rings is 2. The van der Waals surface area contributed by atoms with E-state index in [9.17, 15) is 18.4 Å². The lowest BCUT2D eigenvalue weighted by Crippen LogP contribution is -2.31. The molecule has 1 heterocycles. The molecule has 31 heavy (non-hydrogen) atoms. The summed E-state index contributed by atoms with van der Waals surface area (Å²) < 4.78 is 31.7. The van der Waals surface area contributed by atoms with Crippen LogP contribution in [0.5, 0.6) is 5.75 Å². The minimum atomic E-state index is -1.07. The maximum absolute atomic E-state index is 13.1. The first kappa shape index (κ1) is 21.6. The molecule has 0 aliphatic rings. The van der Waals surface area contributed by atoms with Crippen LogP contribution < -0.4 is 15.4 Å². The third-order valence-electron chi connectivity index (χ3n) is 4.05. The zero-order chi connectivity index (χ0) is 22.1. The molecule has 0 aliphatic carbocycles. The minimum Gasteiger partial charge on any atom is -0.487 e. The van der Waals surface area contributed by atoms with E-state index in [0.29, 0.717) is 12.4 Å². The fourth-order valence-corrected chi connectivity index (χ4v) is 2.49. The molecule has 3 rings (SSSR count). The highest BCUT2D eigenvalue weighted by Gasteiger charge is 2.07. The van der Waals surface area contributed by atoms with Crippen molar-refractivity contribution in [3.05, 3.63) is 95.8 Å². The summed E-state index contributed by atoms with van der Waals surface area (Å²) in [5.74, 6) is -2.46. The highest BCUT2D eigenvalue weighted by Crippen LogP contribution is 2.15. The van der Waals surface area contributed by atoms with Crippen molar-refractivity contribution in [3.63, 3.8) is 0 Å². The lowest BCUT2D eigenvalue weighted by Gasteiger charge is -2.06. The van der Waals surface area contributed by atoms with Gasteiger partial charge in [-0.05, 0) is 48.0 Å². The molecule has 0 unspecified atom stereocenters. The molecule has 8 heteroatoms. The van der Waals surface area contributed by atoms with Gasteiger partial charge in [0.25, 0.3) is 0 Å². The van der Waals surface area contributed by atoms with Crippen LogP contribution >= 0.6 is 0 Å². The van der Waals surface area contributed by atoms with Crippen molar-refractivity contribution in [3.8, 4) is 5.75 Å². The molecule has 0 aliphatic heterocycles. The maximum Gasteiger partial charge on any atom is 0.244 e. The Hall–Kier alpha value is -4.07. The minimum absolute atomic E-state index is 0.0963. The van der Waals surface area contributed by atoms with Crippen molar-refractivity contribution in [2.24, 2.45) is 0 Å². The largest absolute Gasteiger partial charge is 0.487 e. The first-order chi connectivity index (χ1) is 15.0. The maximum atomic E-state index is 13.1. The number of halogens is 2. The molecular formula is C23H19F2N3O3. The van der Waals surface area contributed by atoms with Crippen LogP contribution in [0.25, 0.3) is 6.08 Å². The summed E-state index contributed by atoms with van der Waals surface area (Å²) in [5.41, 5.74) is 1.68. The first-order valence-corrected chi connectivity index (χ1v) is 9.33. The van der Waals surface area contributed by atoms with E-state index in [-0.39, 0.29) is 12.2 Å². The second kappa shape index (κ2) is 10.6. The van der Waals surface area contributed by atoms with Crippen molar-refractivity contribution in [2.45, 2.75) is 6.61 Å². The number of carbonyl (C=O) groups is 2. The predicted octanol–water partition coefficient (Wildman–Crippen LogP) is 3.71. The number of ether oxygens (including phenoxy) is 1. The quantitative estimate of drug-likeness (QED) is 0.542. The molecular weight excluding hydrogens is 404 g/mol. The molecule has 2 N–H and O–H groups in total. The first-order valence-electron chi connectivity index (χ1n) is 9.33. The molecule has 0 fully saturated rings. The molecule has 2 amide bonds. The van der Waals surface area contributed by atoms with Gasteiger partial charge in [0.2, 0.25) is 11.8 Å². The van der Waals surface area contributed by atoms with Crippen molar-refractivity contribution in [1.82, 2.24) is 10.3 Å². The molecule has 0 saturated carbocycles. The number of aromatic nitrogens is 1. The summed E-state index contributed by atoms with van der Waals surface area (Å²) in [7, 11) is 0. The average molecular weight is 423 g/mol. The molecule has 2 aromatic carbocycles. The molecule has 0 bridgehead atoms. The zero-order valence-electron chi connectivity index (χ0n) is 16.3. The smallest absolute Gasteiger partial charge is 0.244 e. The average Bonchev–Trinajstić information content (AvgIpc) is 2.79. The van der Waals surface area contributed by atoms with E-state index in [4.69, 9.17) is 4.74 Å². The Morgan fingerprint density at radius 1 is 1.00 bits per heavy atom. The second-order valence-electron chi connectivity index (χ2n) is 6.41. The van der Waals surface area contributed by atoms with Crippen molar-refractivity contribution in [2.75, 3.05) is 11.9 Å². The number of hydrogen-bond acceptors (Lipinski definition) is 4. The van der Waals surface area contributed by atoms with E-state index in [0.717, 1.165) is 23.4 Å². The Balaban J connectivity index is 1.42. The Labute approximate surface area is 177 Å². The fraction of sp³-hybridized carbons (Fsp3) is 0.0870. The highest BCUT2D eigenvalue weighted by atomic mass is 19.2. The van der Waals surface area contributed by atoms with Crippen LogP contribution in [0.3, 0.4) is 0 Å². The van der Waals surface area contributed by atoms with E-state index < -0.39 is 23.4 Å². The molecule has 1 aromatic heterocycles. The topological polar surface area (TPSA) is 80.3 Å². The number of nitrogens with zero attached hydrogens (tertiary/aromatic N) is 1. The van der Waals surface area contributed by atoms with Gasteiger partial charge in [0.15, 0.2) is 11.6 Å². The molecule has 6 nitrogen and oxygen atoms in total. The van der Waals surface area contributed by atoms with Crippen molar-refractivity contribution >= 4 is 23.6 Å². The molecule has 0 saturated heterocycles. The number of rotatable bonds is 8. The molecule has 0 radical (unpaired) electrons. The van der Waals surface area contributed by atoms with Crippen LogP contribution in [0, 0.1) is 11.6 Å². The SMILES string of the molecule is O=C(/C=C/c1ccc(OCc2ccccn2)cc1)NCC(=O)Nc1ccc(F)c(F)c1. The van der Waals surface area contributed by atoms with Crippen LogP contribution in [0.2, 0.25) is 0 Å². The van der Waals surface area contributed by atoms with Crippen molar-refractivity contribution < 1.29 is 23.1 Å². The normalized spacial score (nSPS) is 10.6. The zero-order valence-corrected chi connectivity index (χ0v) is 16.3. The van der Waals surface area contributed by atoms with Gasteiger partial charge in [0, 0.05) is 24.0 Å². The summed E-state index contributed by atoms with van der Waals surface area (Å²) in [4.78, 5) is 27.9. The Morgan fingerprint density at radius 2 is 1.81 bits per heavy atom. The van der Waals surface area contributed by atoms with Crippen LogP contribution in [-0.4, -0.2) is 23.3 Å². The van der Waals surface area contributed by atoms with E-state index in [2.05, 4.69) is 15.6 Å². The van der Waals surface area contributed by atoms with Crippen LogP contribution in [0.15, 0.2) is 72.9 Å². The summed E-state index contributed by atoms with van der Waals surface area (Å²) in [6.07, 6.45) is 4.57. The van der Waals surface area contributed by atoms with E-state index in [1.807, 2.05) is 18.2 Å². The van der Waals surface area contributed by atoms with Gasteiger partial charge in [-0.1, -0.05) is 18.2 Å². The van der Waals surface area contributed by atoms with Crippen molar-refractivity contribution in [1.29, 1.82) is 0 Å². The molecule has 158 valence electrons. The van der Waals surface area contributed by atoms with Gasteiger partial charge in [-0.25, -0.2) is 8.78 Å². The van der Waals surface area contributed by atoms with Gasteiger partial charge < -0.3 is 15.4 Å². The number of carbonyl (C=O) groups excluding carboxylic acids is 2. The second-order valence-corrected chi connectivity index (χ2v) is 6.41. The van der Waals surface area contributed by atoms with Gasteiger partial charge in [-0.3, -0.25) is 14.6 Å². The van der Waals surface area contributed by atoms with E-state index in [1.165, 1.54) is 12.1 Å². The monoisotopic (exact) mass is 423 g/mol. The number of hydrogen-bond donors (Lipinski definition) is 2. The lowest BCUT2D eigenvalue weighted by atomic mass is 10.2. The summed E-state index contributed by atoms with van der Waals surface area (Å²) in [6.45, 7) is 0.0352. The Kier molecular flexibility index (Phi) is 7.42. The van der Waals surface area contributed by atoms with Crippen LogP contribution in [-0.2, 0) is 16.2 Å². The van der Waals surface area contributed by atoms with Crippen LogP contribution in [0.4, 0.5) is 14.5 Å². The fourth-order valence-electron chi connectivity index (χ4n) is 2.49. The van der Waals surface area contributed by atoms with Gasteiger partial charge in [-0.15, -0.1) is 0 Å². The molecule has 3 aromatic rings. The number of amides is 2. The molecule has 0 spiro atoms. The number of pyridine rings is 1. The van der Waals surface area contributed by atoms with Gasteiger partial charge in [0.1, 0.15) is 12.4 Å². The van der Waals surface area contributed by atoms with Gasteiger partial charge in [0.05, 0.1) is 12.2 Å². The summed E-state index contributed by atoms with van der Waals surface area (Å²) in [6, 6.07) is 15.7. The van der Waals surface area contributed by atoms with E-state index in [1.54, 1.807) is 36.5 Å². The van der Waals surface area contributed by atoms with Gasteiger partial charge >= 0.3 is 0 Å². The van der Waals surface area contributed by atoms with Crippen LogP contribution in [0.1, 0.15) is 11.3 Å².